The molecule has 0 unspecified atom stereocenters. The molecule has 0 radical (unpaired) electrons. The van der Waals surface area contributed by atoms with Crippen molar-refractivity contribution in [2.45, 2.75) is 52.5 Å². The predicted octanol–water partition coefficient (Wildman–Crippen LogP) is 4.51. The maximum Gasteiger partial charge on any atom is 0.544 e. The summed E-state index contributed by atoms with van der Waals surface area (Å²) in [5.74, 6) is -0.806. The van der Waals surface area contributed by atoms with Crippen LogP contribution in [-0.4, -0.2) is 42.0 Å². The number of rotatable bonds is 3. The van der Waals surface area contributed by atoms with Gasteiger partial charge >= 0.3 is 12.5 Å². The van der Waals surface area contributed by atoms with Gasteiger partial charge in [0.1, 0.15) is 5.60 Å². The van der Waals surface area contributed by atoms with Crippen LogP contribution < -0.4 is 5.06 Å². The van der Waals surface area contributed by atoms with Crippen LogP contribution >= 0.6 is 0 Å². The second-order valence-electron chi connectivity index (χ2n) is 8.00. The number of carbonyl (C=O) groups excluding carboxylic acids is 2. The van der Waals surface area contributed by atoms with E-state index in [4.69, 9.17) is 4.74 Å². The minimum absolute atomic E-state index is 0.0133. The molecule has 0 bridgehead atoms. The van der Waals surface area contributed by atoms with E-state index in [2.05, 4.69) is 4.84 Å². The lowest BCUT2D eigenvalue weighted by Crippen LogP contribution is -2.51. The van der Waals surface area contributed by atoms with E-state index in [1.165, 1.54) is 29.2 Å². The SMILES string of the molecule is CC(C)(C)OC(=O)N1CCC(C)(C(=O)N(OC(F)(F)F)c2ccccc2)CC1. The standard InChI is InChI=1S/C19H25F3N2O4/c1-17(2,3)27-16(26)23-12-10-18(4,11-13-23)15(25)24(28-19(20,21)22)14-8-6-5-7-9-14/h5-9H,10-13H2,1-4H3. The van der Waals surface area contributed by atoms with Crippen molar-refractivity contribution >= 4 is 17.7 Å². The van der Waals surface area contributed by atoms with E-state index in [0.29, 0.717) is 5.06 Å². The van der Waals surface area contributed by atoms with E-state index in [9.17, 15) is 22.8 Å². The number of piperidine rings is 1. The van der Waals surface area contributed by atoms with Crippen LogP contribution in [0.1, 0.15) is 40.5 Å². The highest BCUT2D eigenvalue weighted by Crippen LogP contribution is 2.36. The minimum atomic E-state index is -5.01. The van der Waals surface area contributed by atoms with Crippen molar-refractivity contribution in [2.24, 2.45) is 5.41 Å². The van der Waals surface area contributed by atoms with Gasteiger partial charge in [-0.2, -0.15) is 9.90 Å². The number of alkyl halides is 3. The van der Waals surface area contributed by atoms with Crippen LogP contribution in [0.4, 0.5) is 23.7 Å². The molecule has 0 atom stereocenters. The molecule has 0 aliphatic carbocycles. The second kappa shape index (κ2) is 7.98. The van der Waals surface area contributed by atoms with Crippen LogP contribution in [0.3, 0.4) is 0 Å². The zero-order valence-electron chi connectivity index (χ0n) is 16.4. The monoisotopic (exact) mass is 402 g/mol. The first-order valence-corrected chi connectivity index (χ1v) is 8.94. The van der Waals surface area contributed by atoms with Crippen molar-refractivity contribution in [1.82, 2.24) is 4.90 Å². The molecule has 1 aliphatic heterocycles. The molecule has 0 N–H and O–H groups in total. The summed E-state index contributed by atoms with van der Waals surface area (Å²) in [5, 5.41) is 0.295. The minimum Gasteiger partial charge on any atom is -0.444 e. The summed E-state index contributed by atoms with van der Waals surface area (Å²) >= 11 is 0. The van der Waals surface area contributed by atoms with Crippen LogP contribution in [0, 0.1) is 5.41 Å². The Bertz CT molecular complexity index is 693. The Hall–Kier alpha value is -2.29. The average Bonchev–Trinajstić information content (AvgIpc) is 2.58. The molecular formula is C19H25F3N2O4. The van der Waals surface area contributed by atoms with Gasteiger partial charge in [-0.3, -0.25) is 4.79 Å². The highest BCUT2D eigenvalue weighted by molar-refractivity contribution is 5.95. The summed E-state index contributed by atoms with van der Waals surface area (Å²) in [6, 6.07) is 7.39. The third kappa shape index (κ3) is 5.85. The largest absolute Gasteiger partial charge is 0.544 e. The number of likely N-dealkylation sites (tertiary alicyclic amines) is 1. The van der Waals surface area contributed by atoms with Crippen molar-refractivity contribution in [2.75, 3.05) is 18.2 Å². The van der Waals surface area contributed by atoms with Gasteiger partial charge in [0.2, 0.25) is 0 Å². The normalized spacial score (nSPS) is 17.2. The van der Waals surface area contributed by atoms with Crippen LogP contribution in [0.25, 0.3) is 0 Å². The molecule has 1 aromatic carbocycles. The van der Waals surface area contributed by atoms with Gasteiger partial charge in [-0.15, -0.1) is 13.2 Å². The number of nitrogens with zero attached hydrogens (tertiary/aromatic N) is 2. The van der Waals surface area contributed by atoms with E-state index in [-0.39, 0.29) is 31.6 Å². The Morgan fingerprint density at radius 2 is 1.61 bits per heavy atom. The van der Waals surface area contributed by atoms with Crippen molar-refractivity contribution in [3.8, 4) is 0 Å². The molecule has 156 valence electrons. The Morgan fingerprint density at radius 3 is 2.07 bits per heavy atom. The number of para-hydroxylation sites is 1. The quantitative estimate of drug-likeness (QED) is 0.698. The van der Waals surface area contributed by atoms with E-state index < -0.39 is 29.4 Å². The summed E-state index contributed by atoms with van der Waals surface area (Å²) in [7, 11) is 0. The molecule has 9 heteroatoms. The van der Waals surface area contributed by atoms with E-state index in [0.717, 1.165) is 0 Å². The number of ether oxygens (including phenoxy) is 1. The zero-order valence-corrected chi connectivity index (χ0v) is 16.4. The molecular weight excluding hydrogens is 377 g/mol. The lowest BCUT2D eigenvalue weighted by Gasteiger charge is -2.40. The maximum atomic E-state index is 13.0. The van der Waals surface area contributed by atoms with Crippen molar-refractivity contribution in [3.05, 3.63) is 30.3 Å². The molecule has 1 aromatic rings. The molecule has 0 spiro atoms. The van der Waals surface area contributed by atoms with Crippen LogP contribution in [0.15, 0.2) is 30.3 Å². The summed E-state index contributed by atoms with van der Waals surface area (Å²) in [4.78, 5) is 30.6. The zero-order chi connectivity index (χ0) is 21.2. The highest BCUT2D eigenvalue weighted by Gasteiger charge is 2.45. The summed E-state index contributed by atoms with van der Waals surface area (Å²) in [6.07, 6.45) is -5.14. The topological polar surface area (TPSA) is 59.1 Å². The lowest BCUT2D eigenvalue weighted by molar-refractivity contribution is -0.328. The third-order valence-electron chi connectivity index (χ3n) is 4.40. The molecule has 0 saturated carbocycles. The highest BCUT2D eigenvalue weighted by atomic mass is 19.4. The molecule has 6 nitrogen and oxygen atoms in total. The molecule has 2 rings (SSSR count). The Labute approximate surface area is 162 Å². The summed E-state index contributed by atoms with van der Waals surface area (Å²) < 4.78 is 44.0. The molecule has 0 aromatic heterocycles. The van der Waals surface area contributed by atoms with Crippen molar-refractivity contribution in [1.29, 1.82) is 0 Å². The number of hydrogen-bond donors (Lipinski definition) is 0. The molecule has 1 heterocycles. The van der Waals surface area contributed by atoms with Gasteiger partial charge in [-0.1, -0.05) is 25.1 Å². The van der Waals surface area contributed by atoms with Gasteiger partial charge in [0.15, 0.2) is 0 Å². The molecule has 2 amide bonds. The van der Waals surface area contributed by atoms with Gasteiger partial charge < -0.3 is 9.64 Å². The van der Waals surface area contributed by atoms with Gasteiger partial charge in [0, 0.05) is 13.1 Å². The van der Waals surface area contributed by atoms with Crippen LogP contribution in [0.5, 0.6) is 0 Å². The maximum absolute atomic E-state index is 13.0. The molecule has 1 aliphatic rings. The smallest absolute Gasteiger partial charge is 0.444 e. The molecule has 28 heavy (non-hydrogen) atoms. The molecule has 1 saturated heterocycles. The van der Waals surface area contributed by atoms with Crippen molar-refractivity contribution < 1.29 is 32.3 Å². The van der Waals surface area contributed by atoms with Gasteiger partial charge in [0.05, 0.1) is 11.1 Å². The van der Waals surface area contributed by atoms with Crippen LogP contribution in [0.2, 0.25) is 0 Å². The number of amides is 2. The Morgan fingerprint density at radius 1 is 1.07 bits per heavy atom. The van der Waals surface area contributed by atoms with E-state index in [1.807, 2.05) is 0 Å². The average molecular weight is 402 g/mol. The fraction of sp³-hybridized carbons (Fsp3) is 0.579. The fourth-order valence-corrected chi connectivity index (χ4v) is 2.85. The van der Waals surface area contributed by atoms with Gasteiger partial charge in [-0.25, -0.2) is 4.79 Å². The number of anilines is 1. The third-order valence-corrected chi connectivity index (χ3v) is 4.40. The van der Waals surface area contributed by atoms with Gasteiger partial charge in [-0.05, 0) is 45.7 Å². The number of carbonyl (C=O) groups is 2. The number of benzene rings is 1. The fourth-order valence-electron chi connectivity index (χ4n) is 2.85. The first kappa shape index (κ1) is 22.0. The predicted molar refractivity (Wildman–Crippen MR) is 96.2 cm³/mol. The summed E-state index contributed by atoms with van der Waals surface area (Å²) in [5.41, 5.74) is -1.78. The number of hydrogen-bond acceptors (Lipinski definition) is 4. The lowest BCUT2D eigenvalue weighted by atomic mass is 9.79. The Balaban J connectivity index is 2.14. The Kier molecular flexibility index (Phi) is 6.27. The molecule has 1 fully saturated rings. The summed E-state index contributed by atoms with van der Waals surface area (Å²) in [6.45, 7) is 7.22. The van der Waals surface area contributed by atoms with Crippen LogP contribution in [-0.2, 0) is 14.4 Å². The van der Waals surface area contributed by atoms with Crippen molar-refractivity contribution in [3.63, 3.8) is 0 Å². The first-order valence-electron chi connectivity index (χ1n) is 8.94. The van der Waals surface area contributed by atoms with Gasteiger partial charge in [0.25, 0.3) is 5.91 Å². The van der Waals surface area contributed by atoms with E-state index >= 15 is 0 Å². The second-order valence-corrected chi connectivity index (χ2v) is 8.00. The van der Waals surface area contributed by atoms with E-state index in [1.54, 1.807) is 33.8 Å². The number of halogens is 3. The number of hydroxylamine groups is 1. The first-order chi connectivity index (χ1) is 12.8.